The quantitative estimate of drug-likeness (QED) is 0.420. The Hall–Kier alpha value is -0.725. The predicted octanol–water partition coefficient (Wildman–Crippen LogP) is 0.852. The third-order valence-electron chi connectivity index (χ3n) is 2.59. The summed E-state index contributed by atoms with van der Waals surface area (Å²) in [4.78, 5) is 0.570. The Balaban J connectivity index is 0.000000362. The van der Waals surface area contributed by atoms with Crippen LogP contribution in [0, 0.1) is 0 Å². The zero-order chi connectivity index (χ0) is 15.3. The van der Waals surface area contributed by atoms with Crippen molar-refractivity contribution >= 4 is 20.0 Å². The number of hydrogen-bond acceptors (Lipinski definition) is 6. The maximum Gasteiger partial charge on any atom is 0.707 e. The highest BCUT2D eigenvalue weighted by Crippen LogP contribution is 2.21. The van der Waals surface area contributed by atoms with Crippen molar-refractivity contribution in [3.8, 4) is 5.75 Å². The topological polar surface area (TPSA) is 90.2 Å². The van der Waals surface area contributed by atoms with Crippen LogP contribution in [0.2, 0.25) is 0 Å². The average molecular weight is 288 g/mol. The van der Waals surface area contributed by atoms with Gasteiger partial charge in [0.1, 0.15) is 5.75 Å². The maximum atomic E-state index is 9.10. The molecule has 1 rings (SSSR count). The standard InChI is InChI=1S/C6H7BO3S.C6H14O2/c8-7(9)10-5-3-1-2-4-6(5)11;1-5(2,7)6(3,4)8/h1-4,8-9,11H;7-8H,1-4H3. The van der Waals surface area contributed by atoms with Crippen LogP contribution in [-0.2, 0) is 0 Å². The zero-order valence-electron chi connectivity index (χ0n) is 11.5. The number of benzene rings is 1. The summed E-state index contributed by atoms with van der Waals surface area (Å²) in [5.74, 6) is 0.353. The second-order valence-corrected chi connectivity index (χ2v) is 5.51. The lowest BCUT2D eigenvalue weighted by atomic mass is 9.90. The molecule has 0 aliphatic carbocycles. The van der Waals surface area contributed by atoms with Gasteiger partial charge in [0.15, 0.2) is 0 Å². The summed E-state index contributed by atoms with van der Waals surface area (Å²) in [7, 11) is -1.79. The van der Waals surface area contributed by atoms with Crippen LogP contribution in [0.1, 0.15) is 27.7 Å². The summed E-state index contributed by atoms with van der Waals surface area (Å²) in [6.45, 7) is 6.31. The van der Waals surface area contributed by atoms with E-state index < -0.39 is 18.5 Å². The first-order chi connectivity index (χ1) is 8.45. The summed E-state index contributed by atoms with van der Waals surface area (Å²) in [6, 6.07) is 6.79. The van der Waals surface area contributed by atoms with Crippen LogP contribution >= 0.6 is 12.6 Å². The SMILES string of the molecule is CC(C)(O)C(C)(C)O.OB(O)Oc1ccccc1S. The summed E-state index contributed by atoms with van der Waals surface area (Å²) in [5, 5.41) is 35.1. The molecule has 0 heterocycles. The molecule has 0 atom stereocenters. The van der Waals surface area contributed by atoms with Gasteiger partial charge in [-0.2, -0.15) is 0 Å². The van der Waals surface area contributed by atoms with Gasteiger partial charge in [0.2, 0.25) is 0 Å². The normalized spacial score (nSPS) is 11.4. The van der Waals surface area contributed by atoms with E-state index in [2.05, 4.69) is 17.3 Å². The van der Waals surface area contributed by atoms with Crippen molar-refractivity contribution in [2.24, 2.45) is 0 Å². The molecule has 0 aromatic heterocycles. The molecule has 0 radical (unpaired) electrons. The molecule has 0 fully saturated rings. The minimum Gasteiger partial charge on any atom is -0.511 e. The van der Waals surface area contributed by atoms with Gasteiger partial charge in [0.05, 0.1) is 11.2 Å². The van der Waals surface area contributed by atoms with Crippen LogP contribution in [0.15, 0.2) is 29.2 Å². The molecule has 1 aromatic carbocycles. The van der Waals surface area contributed by atoms with Gasteiger partial charge in [0.25, 0.3) is 0 Å². The van der Waals surface area contributed by atoms with Gasteiger partial charge in [-0.15, -0.1) is 12.6 Å². The number of aliphatic hydroxyl groups is 2. The van der Waals surface area contributed by atoms with E-state index in [4.69, 9.17) is 20.3 Å². The minimum atomic E-state index is -1.79. The van der Waals surface area contributed by atoms with Crippen LogP contribution in [-0.4, -0.2) is 38.8 Å². The van der Waals surface area contributed by atoms with Gasteiger partial charge in [0, 0.05) is 4.90 Å². The molecule has 0 aliphatic rings. The predicted molar refractivity (Wildman–Crippen MR) is 77.1 cm³/mol. The number of thiol groups is 1. The minimum absolute atomic E-state index is 0.353. The molecular formula is C12H21BO5S. The van der Waals surface area contributed by atoms with Gasteiger partial charge in [-0.05, 0) is 39.8 Å². The molecule has 7 heteroatoms. The number of rotatable bonds is 3. The Morgan fingerprint density at radius 1 is 1.00 bits per heavy atom. The molecule has 0 spiro atoms. The van der Waals surface area contributed by atoms with E-state index in [0.717, 1.165) is 0 Å². The third-order valence-corrected chi connectivity index (χ3v) is 2.96. The Kier molecular flexibility index (Phi) is 6.89. The van der Waals surface area contributed by atoms with Crippen molar-refractivity contribution in [3.05, 3.63) is 24.3 Å². The first-order valence-electron chi connectivity index (χ1n) is 5.70. The van der Waals surface area contributed by atoms with E-state index in [1.54, 1.807) is 52.0 Å². The Labute approximate surface area is 119 Å². The summed E-state index contributed by atoms with van der Waals surface area (Å²) in [6.07, 6.45) is 0. The van der Waals surface area contributed by atoms with Crippen molar-refractivity contribution in [2.45, 2.75) is 43.8 Å². The molecule has 0 aliphatic heterocycles. The first-order valence-corrected chi connectivity index (χ1v) is 6.15. The van der Waals surface area contributed by atoms with Crippen LogP contribution in [0.4, 0.5) is 0 Å². The lowest BCUT2D eigenvalue weighted by molar-refractivity contribution is -0.107. The van der Waals surface area contributed by atoms with Gasteiger partial charge in [-0.1, -0.05) is 12.1 Å². The number of hydrogen-bond donors (Lipinski definition) is 5. The molecule has 19 heavy (non-hydrogen) atoms. The Morgan fingerprint density at radius 3 is 1.74 bits per heavy atom. The molecule has 0 saturated carbocycles. The van der Waals surface area contributed by atoms with Crippen LogP contribution in [0.25, 0.3) is 0 Å². The molecular weight excluding hydrogens is 267 g/mol. The summed E-state index contributed by atoms with van der Waals surface area (Å²) < 4.78 is 4.58. The molecule has 108 valence electrons. The summed E-state index contributed by atoms with van der Waals surface area (Å²) in [5.41, 5.74) is -2.01. The van der Waals surface area contributed by atoms with Gasteiger partial charge < -0.3 is 24.9 Å². The smallest absolute Gasteiger partial charge is 0.511 e. The fourth-order valence-electron chi connectivity index (χ4n) is 0.670. The van der Waals surface area contributed by atoms with E-state index >= 15 is 0 Å². The first kappa shape index (κ1) is 18.3. The second-order valence-electron chi connectivity index (χ2n) is 5.03. The second kappa shape index (κ2) is 7.16. The third kappa shape index (κ3) is 7.44. The molecule has 4 N–H and O–H groups in total. The van der Waals surface area contributed by atoms with E-state index in [0.29, 0.717) is 10.6 Å². The Morgan fingerprint density at radius 2 is 1.42 bits per heavy atom. The van der Waals surface area contributed by atoms with E-state index in [9.17, 15) is 0 Å². The van der Waals surface area contributed by atoms with Crippen molar-refractivity contribution in [1.82, 2.24) is 0 Å². The number of para-hydroxylation sites is 1. The summed E-state index contributed by atoms with van der Waals surface area (Å²) >= 11 is 4.03. The van der Waals surface area contributed by atoms with Gasteiger partial charge in [-0.3, -0.25) is 0 Å². The van der Waals surface area contributed by atoms with Gasteiger partial charge in [-0.25, -0.2) is 0 Å². The monoisotopic (exact) mass is 288 g/mol. The molecule has 1 aromatic rings. The lowest BCUT2D eigenvalue weighted by Crippen LogP contribution is -2.44. The van der Waals surface area contributed by atoms with Crippen molar-refractivity contribution in [1.29, 1.82) is 0 Å². The lowest BCUT2D eigenvalue weighted by Gasteiger charge is -2.31. The molecule has 0 unspecified atom stereocenters. The molecule has 0 saturated heterocycles. The van der Waals surface area contributed by atoms with Crippen molar-refractivity contribution < 1.29 is 24.9 Å². The maximum absolute atomic E-state index is 9.10. The molecule has 0 bridgehead atoms. The van der Waals surface area contributed by atoms with Crippen molar-refractivity contribution in [3.63, 3.8) is 0 Å². The van der Waals surface area contributed by atoms with Crippen LogP contribution in [0.5, 0.6) is 5.75 Å². The average Bonchev–Trinajstić information content (AvgIpc) is 2.18. The van der Waals surface area contributed by atoms with E-state index in [1.807, 2.05) is 0 Å². The van der Waals surface area contributed by atoms with Crippen molar-refractivity contribution in [2.75, 3.05) is 0 Å². The van der Waals surface area contributed by atoms with Crippen LogP contribution in [0.3, 0.4) is 0 Å². The highest BCUT2D eigenvalue weighted by Gasteiger charge is 2.31. The fourth-order valence-corrected chi connectivity index (χ4v) is 0.884. The highest BCUT2D eigenvalue weighted by molar-refractivity contribution is 7.80. The van der Waals surface area contributed by atoms with E-state index in [1.165, 1.54) is 0 Å². The zero-order valence-corrected chi connectivity index (χ0v) is 12.4. The molecule has 0 amide bonds. The fraction of sp³-hybridized carbons (Fsp3) is 0.500. The largest absolute Gasteiger partial charge is 0.707 e. The van der Waals surface area contributed by atoms with Crippen LogP contribution < -0.4 is 4.65 Å². The highest BCUT2D eigenvalue weighted by atomic mass is 32.1. The van der Waals surface area contributed by atoms with Gasteiger partial charge >= 0.3 is 7.32 Å². The molecule has 5 nitrogen and oxygen atoms in total. The Bertz CT molecular complexity index is 372. The van der Waals surface area contributed by atoms with E-state index in [-0.39, 0.29) is 0 Å².